The highest BCUT2D eigenvalue weighted by atomic mass is 16.2. The quantitative estimate of drug-likeness (QED) is 0.706. The molecule has 2 aliphatic rings. The average Bonchev–Trinajstić information content (AvgIpc) is 3.29. The van der Waals surface area contributed by atoms with Crippen LogP contribution in [0.25, 0.3) is 5.69 Å². The highest BCUT2D eigenvalue weighted by Gasteiger charge is 2.28. The highest BCUT2D eigenvalue weighted by Crippen LogP contribution is 2.12. The van der Waals surface area contributed by atoms with Gasteiger partial charge in [-0.05, 0) is 35.2 Å². The lowest BCUT2D eigenvalue weighted by atomic mass is 10.1. The van der Waals surface area contributed by atoms with Crippen molar-refractivity contribution in [3.8, 4) is 5.69 Å². The Morgan fingerprint density at radius 3 is 2.03 bits per heavy atom. The van der Waals surface area contributed by atoms with Crippen LogP contribution in [0, 0.1) is 0 Å². The summed E-state index contributed by atoms with van der Waals surface area (Å²) < 4.78 is 1.57. The lowest BCUT2D eigenvalue weighted by molar-refractivity contribution is -0.131. The smallest absolute Gasteiger partial charge is 0.320 e. The summed E-state index contributed by atoms with van der Waals surface area (Å²) >= 11 is 0. The maximum absolute atomic E-state index is 12.7. The number of tetrazole rings is 1. The van der Waals surface area contributed by atoms with Crippen LogP contribution in [0.15, 0.2) is 30.6 Å². The Balaban J connectivity index is 1.26. The van der Waals surface area contributed by atoms with Crippen LogP contribution in [0.4, 0.5) is 4.79 Å². The van der Waals surface area contributed by atoms with Gasteiger partial charge in [0.1, 0.15) is 6.33 Å². The average molecular weight is 398 g/mol. The first-order valence-corrected chi connectivity index (χ1v) is 9.92. The minimum atomic E-state index is 0.0897. The molecule has 0 unspecified atom stereocenters. The lowest BCUT2D eigenvalue weighted by Gasteiger charge is -2.40. The second-order valence-corrected chi connectivity index (χ2v) is 7.54. The van der Waals surface area contributed by atoms with E-state index in [2.05, 4.69) is 27.5 Å². The molecule has 0 bridgehead atoms. The van der Waals surface area contributed by atoms with Crippen LogP contribution in [-0.4, -0.2) is 111 Å². The molecule has 0 radical (unpaired) electrons. The number of piperazine rings is 2. The van der Waals surface area contributed by atoms with E-state index in [0.29, 0.717) is 32.6 Å². The summed E-state index contributed by atoms with van der Waals surface area (Å²) in [5.41, 5.74) is 1.80. The van der Waals surface area contributed by atoms with E-state index in [1.54, 1.807) is 4.68 Å². The maximum atomic E-state index is 12.7. The first-order chi connectivity index (χ1) is 14.1. The summed E-state index contributed by atoms with van der Waals surface area (Å²) in [5.74, 6) is 0.0897. The molecule has 2 aromatic rings. The Morgan fingerprint density at radius 1 is 0.862 bits per heavy atom. The van der Waals surface area contributed by atoms with Crippen LogP contribution in [-0.2, 0) is 11.2 Å². The number of likely N-dealkylation sites (N-methyl/N-ethyl adjacent to an activating group) is 1. The highest BCUT2D eigenvalue weighted by molar-refractivity contribution is 5.79. The SMILES string of the molecule is CN1CCN(C(=O)N2CCN(C(=O)Cc3ccc(-n4cnnn4)cc3)CC2)CC1. The molecule has 2 fully saturated rings. The molecule has 1 aromatic carbocycles. The van der Waals surface area contributed by atoms with Gasteiger partial charge < -0.3 is 19.6 Å². The Morgan fingerprint density at radius 2 is 1.45 bits per heavy atom. The molecule has 10 nitrogen and oxygen atoms in total. The van der Waals surface area contributed by atoms with E-state index in [4.69, 9.17) is 0 Å². The Bertz CT molecular complexity index is 822. The number of benzene rings is 1. The van der Waals surface area contributed by atoms with Gasteiger partial charge in [0.15, 0.2) is 0 Å². The van der Waals surface area contributed by atoms with Crippen molar-refractivity contribution in [2.24, 2.45) is 0 Å². The van der Waals surface area contributed by atoms with Gasteiger partial charge in [-0.2, -0.15) is 0 Å². The standard InChI is InChI=1S/C19H26N8O2/c1-23-6-8-25(9-7-23)19(29)26-12-10-24(11-13-26)18(28)14-16-2-4-17(5-3-16)27-15-20-21-22-27/h2-5,15H,6-14H2,1H3. The number of carbonyl (C=O) groups excluding carboxylic acids is 2. The molecular formula is C19H26N8O2. The van der Waals surface area contributed by atoms with E-state index in [1.165, 1.54) is 6.33 Å². The Labute approximate surface area is 169 Å². The van der Waals surface area contributed by atoms with Gasteiger partial charge in [-0.1, -0.05) is 12.1 Å². The number of rotatable bonds is 3. The molecule has 0 spiro atoms. The molecule has 1 aromatic heterocycles. The van der Waals surface area contributed by atoms with Crippen molar-refractivity contribution >= 4 is 11.9 Å². The van der Waals surface area contributed by atoms with Crippen LogP contribution < -0.4 is 0 Å². The molecule has 3 heterocycles. The van der Waals surface area contributed by atoms with Crippen molar-refractivity contribution < 1.29 is 9.59 Å². The summed E-state index contributed by atoms with van der Waals surface area (Å²) in [6, 6.07) is 7.73. The van der Waals surface area contributed by atoms with Gasteiger partial charge in [-0.25, -0.2) is 9.48 Å². The topological polar surface area (TPSA) is 90.7 Å². The molecule has 2 saturated heterocycles. The summed E-state index contributed by atoms with van der Waals surface area (Å²) in [6.07, 6.45) is 1.88. The first kappa shape index (κ1) is 19.3. The predicted molar refractivity (Wildman–Crippen MR) is 105 cm³/mol. The van der Waals surface area contributed by atoms with E-state index in [1.807, 2.05) is 39.0 Å². The van der Waals surface area contributed by atoms with E-state index in [-0.39, 0.29) is 11.9 Å². The van der Waals surface area contributed by atoms with Crippen LogP contribution in [0.3, 0.4) is 0 Å². The molecule has 2 aliphatic heterocycles. The van der Waals surface area contributed by atoms with Gasteiger partial charge in [-0.15, -0.1) is 5.10 Å². The molecule has 0 saturated carbocycles. The van der Waals surface area contributed by atoms with Crippen LogP contribution >= 0.6 is 0 Å². The number of hydrogen-bond donors (Lipinski definition) is 0. The second-order valence-electron chi connectivity index (χ2n) is 7.54. The van der Waals surface area contributed by atoms with Crippen molar-refractivity contribution in [3.63, 3.8) is 0 Å². The monoisotopic (exact) mass is 398 g/mol. The largest absolute Gasteiger partial charge is 0.339 e. The lowest BCUT2D eigenvalue weighted by Crippen LogP contribution is -2.57. The molecule has 10 heteroatoms. The third-order valence-corrected chi connectivity index (χ3v) is 5.58. The zero-order valence-electron chi connectivity index (χ0n) is 16.6. The van der Waals surface area contributed by atoms with Crippen molar-refractivity contribution in [1.29, 1.82) is 0 Å². The number of urea groups is 1. The zero-order chi connectivity index (χ0) is 20.2. The predicted octanol–water partition coefficient (Wildman–Crippen LogP) is -0.284. The molecule has 3 amide bonds. The fraction of sp³-hybridized carbons (Fsp3) is 0.526. The third-order valence-electron chi connectivity index (χ3n) is 5.58. The van der Waals surface area contributed by atoms with Crippen molar-refractivity contribution in [1.82, 2.24) is 39.8 Å². The van der Waals surface area contributed by atoms with Gasteiger partial charge >= 0.3 is 6.03 Å². The van der Waals surface area contributed by atoms with Crippen molar-refractivity contribution in [2.75, 3.05) is 59.4 Å². The van der Waals surface area contributed by atoms with E-state index in [0.717, 1.165) is 37.4 Å². The Hall–Kier alpha value is -3.01. The number of nitrogens with zero attached hydrogens (tertiary/aromatic N) is 8. The van der Waals surface area contributed by atoms with E-state index < -0.39 is 0 Å². The Kier molecular flexibility index (Phi) is 5.70. The van der Waals surface area contributed by atoms with E-state index >= 15 is 0 Å². The molecule has 29 heavy (non-hydrogen) atoms. The number of carbonyl (C=O) groups is 2. The normalized spacial score (nSPS) is 18.2. The summed E-state index contributed by atoms with van der Waals surface area (Å²) in [6.45, 7) is 5.73. The van der Waals surface area contributed by atoms with Crippen molar-refractivity contribution in [3.05, 3.63) is 36.2 Å². The molecule has 154 valence electrons. The molecule has 0 N–H and O–H groups in total. The van der Waals surface area contributed by atoms with Crippen LogP contribution in [0.1, 0.15) is 5.56 Å². The van der Waals surface area contributed by atoms with Gasteiger partial charge in [0, 0.05) is 52.4 Å². The molecule has 0 atom stereocenters. The summed E-state index contributed by atoms with van der Waals surface area (Å²) in [4.78, 5) is 33.2. The third kappa shape index (κ3) is 4.53. The second kappa shape index (κ2) is 8.56. The molecular weight excluding hydrogens is 372 g/mol. The summed E-state index contributed by atoms with van der Waals surface area (Å²) in [5, 5.41) is 11.1. The maximum Gasteiger partial charge on any atom is 0.320 e. The fourth-order valence-corrected chi connectivity index (χ4v) is 3.68. The fourth-order valence-electron chi connectivity index (χ4n) is 3.68. The minimum absolute atomic E-state index is 0.0897. The number of amides is 3. The number of hydrogen-bond acceptors (Lipinski definition) is 6. The molecule has 4 rings (SSSR count). The van der Waals surface area contributed by atoms with Gasteiger partial charge in [0.05, 0.1) is 12.1 Å². The first-order valence-electron chi connectivity index (χ1n) is 9.92. The minimum Gasteiger partial charge on any atom is -0.339 e. The van der Waals surface area contributed by atoms with Gasteiger partial charge in [0.25, 0.3) is 0 Å². The molecule has 0 aliphatic carbocycles. The zero-order valence-corrected chi connectivity index (χ0v) is 16.6. The summed E-state index contributed by atoms with van der Waals surface area (Å²) in [7, 11) is 2.07. The van der Waals surface area contributed by atoms with Crippen LogP contribution in [0.5, 0.6) is 0 Å². The van der Waals surface area contributed by atoms with E-state index in [9.17, 15) is 9.59 Å². The van der Waals surface area contributed by atoms with Gasteiger partial charge in [0.2, 0.25) is 5.91 Å². The van der Waals surface area contributed by atoms with Crippen LogP contribution in [0.2, 0.25) is 0 Å². The number of aromatic nitrogens is 4. The van der Waals surface area contributed by atoms with Crippen molar-refractivity contribution in [2.45, 2.75) is 6.42 Å². The van der Waals surface area contributed by atoms with Gasteiger partial charge in [-0.3, -0.25) is 4.79 Å².